The predicted octanol–water partition coefficient (Wildman–Crippen LogP) is 2.43. The summed E-state index contributed by atoms with van der Waals surface area (Å²) >= 11 is 0. The third-order valence-corrected chi connectivity index (χ3v) is 3.61. The van der Waals surface area contributed by atoms with Crippen LogP contribution in [0.4, 0.5) is 13.2 Å². The van der Waals surface area contributed by atoms with Gasteiger partial charge in [-0.2, -0.15) is 0 Å². The summed E-state index contributed by atoms with van der Waals surface area (Å²) in [6.45, 7) is 2.10. The lowest BCUT2D eigenvalue weighted by Crippen LogP contribution is -2.31. The van der Waals surface area contributed by atoms with Crippen molar-refractivity contribution < 1.29 is 27.8 Å². The Labute approximate surface area is 126 Å². The first-order valence-corrected chi connectivity index (χ1v) is 7.05. The number of nitrogens with one attached hydrogen (secondary N) is 1. The van der Waals surface area contributed by atoms with Crippen LogP contribution in [0.2, 0.25) is 0 Å². The van der Waals surface area contributed by atoms with E-state index in [2.05, 4.69) is 10.1 Å². The molecule has 2 N–H and O–H groups in total. The minimum Gasteiger partial charge on any atom is -0.405 e. The lowest BCUT2D eigenvalue weighted by atomic mass is 10.1. The molecule has 122 valence electrons. The van der Waals surface area contributed by atoms with Crippen LogP contribution in [-0.4, -0.2) is 30.5 Å². The molecule has 1 aliphatic carbocycles. The Morgan fingerprint density at radius 1 is 1.45 bits per heavy atom. The topological polar surface area (TPSA) is 58.6 Å². The molecule has 1 saturated carbocycles. The van der Waals surface area contributed by atoms with E-state index < -0.39 is 6.36 Å². The van der Waals surface area contributed by atoms with Gasteiger partial charge in [-0.15, -0.1) is 13.2 Å². The summed E-state index contributed by atoms with van der Waals surface area (Å²) in [5.74, 6) is -1.11. The number of para-hydroxylation sites is 1. The smallest absolute Gasteiger partial charge is 0.405 e. The quantitative estimate of drug-likeness (QED) is 0.847. The van der Waals surface area contributed by atoms with Crippen molar-refractivity contribution >= 4 is 5.91 Å². The average molecular weight is 317 g/mol. The second-order valence-corrected chi connectivity index (χ2v) is 5.57. The summed E-state index contributed by atoms with van der Waals surface area (Å²) < 4.78 is 41.2. The van der Waals surface area contributed by atoms with Crippen LogP contribution in [-0.2, 0) is 4.79 Å². The lowest BCUT2D eigenvalue weighted by molar-refractivity contribution is -0.274. The number of rotatable bonds is 6. The molecule has 0 heterocycles. The Balaban J connectivity index is 1.99. The van der Waals surface area contributed by atoms with Crippen LogP contribution in [0, 0.1) is 11.8 Å². The van der Waals surface area contributed by atoms with Crippen molar-refractivity contribution in [3.8, 4) is 5.75 Å². The minimum atomic E-state index is -4.75. The maximum Gasteiger partial charge on any atom is 0.573 e. The maximum atomic E-state index is 12.4. The third kappa shape index (κ3) is 4.37. The van der Waals surface area contributed by atoms with Gasteiger partial charge in [0.15, 0.2) is 0 Å². The molecule has 0 spiro atoms. The highest BCUT2D eigenvalue weighted by molar-refractivity contribution is 5.83. The van der Waals surface area contributed by atoms with Gasteiger partial charge in [-0.1, -0.05) is 25.1 Å². The molecule has 2 rings (SSSR count). The number of ether oxygens (including phenoxy) is 1. The zero-order valence-corrected chi connectivity index (χ0v) is 12.1. The second kappa shape index (κ2) is 6.56. The molecule has 3 unspecified atom stereocenters. The van der Waals surface area contributed by atoms with E-state index in [4.69, 9.17) is 5.11 Å². The predicted molar refractivity (Wildman–Crippen MR) is 73.2 cm³/mol. The number of carbonyl (C=O) groups is 1. The van der Waals surface area contributed by atoms with E-state index in [1.165, 1.54) is 12.1 Å². The van der Waals surface area contributed by atoms with Gasteiger partial charge in [-0.3, -0.25) is 4.79 Å². The Morgan fingerprint density at radius 2 is 2.14 bits per heavy atom. The van der Waals surface area contributed by atoms with Crippen molar-refractivity contribution in [2.45, 2.75) is 25.6 Å². The van der Waals surface area contributed by atoms with Crippen molar-refractivity contribution in [1.82, 2.24) is 5.32 Å². The van der Waals surface area contributed by atoms with Gasteiger partial charge in [0.1, 0.15) is 5.75 Å². The summed E-state index contributed by atoms with van der Waals surface area (Å²) in [4.78, 5) is 12.0. The number of carbonyl (C=O) groups excluding carboxylic acids is 1. The number of amides is 1. The SMILES string of the molecule is CC(CO)CNC(=O)C1CC1c1ccccc1OC(F)(F)F. The molecule has 4 nitrogen and oxygen atoms in total. The molecule has 0 aromatic heterocycles. The van der Waals surface area contributed by atoms with Gasteiger partial charge in [-0.25, -0.2) is 0 Å². The number of hydrogen-bond donors (Lipinski definition) is 2. The van der Waals surface area contributed by atoms with E-state index >= 15 is 0 Å². The number of benzene rings is 1. The molecule has 0 aliphatic heterocycles. The van der Waals surface area contributed by atoms with Crippen LogP contribution in [0.1, 0.15) is 24.8 Å². The van der Waals surface area contributed by atoms with E-state index in [1.54, 1.807) is 19.1 Å². The molecule has 0 bridgehead atoms. The van der Waals surface area contributed by atoms with E-state index in [1.807, 2.05) is 0 Å². The average Bonchev–Trinajstić information content (AvgIpc) is 3.23. The van der Waals surface area contributed by atoms with E-state index in [0.29, 0.717) is 18.5 Å². The Hall–Kier alpha value is -1.76. The lowest BCUT2D eigenvalue weighted by Gasteiger charge is -2.13. The normalized spacial score (nSPS) is 22.0. The van der Waals surface area contributed by atoms with Crippen LogP contribution >= 0.6 is 0 Å². The minimum absolute atomic E-state index is 0.0311. The zero-order chi connectivity index (χ0) is 16.3. The summed E-state index contributed by atoms with van der Waals surface area (Å²) in [5, 5.41) is 11.6. The van der Waals surface area contributed by atoms with Crippen LogP contribution < -0.4 is 10.1 Å². The molecule has 22 heavy (non-hydrogen) atoms. The standard InChI is InChI=1S/C15H18F3NO3/c1-9(8-20)7-19-14(21)12-6-11(12)10-4-2-3-5-13(10)22-15(16,17)18/h2-5,9,11-12,20H,6-8H2,1H3,(H,19,21). The Bertz CT molecular complexity index is 533. The van der Waals surface area contributed by atoms with E-state index in [0.717, 1.165) is 0 Å². The monoisotopic (exact) mass is 317 g/mol. The molecule has 1 aromatic rings. The largest absolute Gasteiger partial charge is 0.573 e. The maximum absolute atomic E-state index is 12.4. The summed E-state index contributed by atoms with van der Waals surface area (Å²) in [6, 6.07) is 5.89. The molecule has 3 atom stereocenters. The van der Waals surface area contributed by atoms with Gasteiger partial charge in [0, 0.05) is 19.1 Å². The van der Waals surface area contributed by atoms with Gasteiger partial charge in [-0.05, 0) is 29.9 Å². The fourth-order valence-electron chi connectivity index (χ4n) is 2.30. The number of halogens is 3. The Kier molecular flexibility index (Phi) is 4.95. The second-order valence-electron chi connectivity index (χ2n) is 5.57. The molecule has 0 radical (unpaired) electrons. The molecule has 0 saturated heterocycles. The molecular formula is C15H18F3NO3. The van der Waals surface area contributed by atoms with Crippen molar-refractivity contribution in [3.05, 3.63) is 29.8 Å². The summed E-state index contributed by atoms with van der Waals surface area (Å²) in [5.41, 5.74) is 0.398. The van der Waals surface area contributed by atoms with Crippen LogP contribution in [0.5, 0.6) is 5.75 Å². The van der Waals surface area contributed by atoms with Crippen LogP contribution in [0.3, 0.4) is 0 Å². The van der Waals surface area contributed by atoms with Crippen molar-refractivity contribution in [3.63, 3.8) is 0 Å². The number of hydrogen-bond acceptors (Lipinski definition) is 3. The molecule has 1 aromatic carbocycles. The van der Waals surface area contributed by atoms with Crippen LogP contribution in [0.25, 0.3) is 0 Å². The summed E-state index contributed by atoms with van der Waals surface area (Å²) in [7, 11) is 0. The highest BCUT2D eigenvalue weighted by atomic mass is 19.4. The third-order valence-electron chi connectivity index (χ3n) is 3.61. The summed E-state index contributed by atoms with van der Waals surface area (Å²) in [6.07, 6.45) is -4.25. The fourth-order valence-corrected chi connectivity index (χ4v) is 2.30. The molecular weight excluding hydrogens is 299 g/mol. The first-order valence-electron chi connectivity index (χ1n) is 7.05. The Morgan fingerprint density at radius 3 is 2.77 bits per heavy atom. The highest BCUT2D eigenvalue weighted by Gasteiger charge is 2.46. The van der Waals surface area contributed by atoms with Gasteiger partial charge < -0.3 is 15.2 Å². The first kappa shape index (κ1) is 16.6. The number of aliphatic hydroxyl groups excluding tert-OH is 1. The zero-order valence-electron chi connectivity index (χ0n) is 12.1. The molecule has 1 aliphatic rings. The molecule has 1 fully saturated rings. The molecule has 1 amide bonds. The van der Waals surface area contributed by atoms with Gasteiger partial charge in [0.05, 0.1) is 0 Å². The van der Waals surface area contributed by atoms with Gasteiger partial charge in [0.25, 0.3) is 0 Å². The van der Waals surface area contributed by atoms with Gasteiger partial charge >= 0.3 is 6.36 Å². The first-order chi connectivity index (χ1) is 10.3. The molecule has 7 heteroatoms. The number of alkyl halides is 3. The van der Waals surface area contributed by atoms with Gasteiger partial charge in [0.2, 0.25) is 5.91 Å². The van der Waals surface area contributed by atoms with Crippen molar-refractivity contribution in [1.29, 1.82) is 0 Å². The van der Waals surface area contributed by atoms with Crippen molar-refractivity contribution in [2.75, 3.05) is 13.2 Å². The fraction of sp³-hybridized carbons (Fsp3) is 0.533. The van der Waals surface area contributed by atoms with Crippen molar-refractivity contribution in [2.24, 2.45) is 11.8 Å². The number of aliphatic hydroxyl groups is 1. The van der Waals surface area contributed by atoms with E-state index in [9.17, 15) is 18.0 Å². The van der Waals surface area contributed by atoms with E-state index in [-0.39, 0.29) is 36.0 Å². The highest BCUT2D eigenvalue weighted by Crippen LogP contribution is 2.50. The van der Waals surface area contributed by atoms with Crippen LogP contribution in [0.15, 0.2) is 24.3 Å².